The Hall–Kier alpha value is -1.36. The van der Waals surface area contributed by atoms with E-state index in [9.17, 15) is 4.21 Å². The molecule has 2 aromatic rings. The Balaban J connectivity index is 1.97. The Morgan fingerprint density at radius 3 is 2.48 bits per heavy atom. The first-order valence-corrected chi connectivity index (χ1v) is 8.44. The first kappa shape index (κ1) is 16.0. The molecule has 3 nitrogen and oxygen atoms in total. The second-order valence-electron chi connectivity index (χ2n) is 4.72. The van der Waals surface area contributed by atoms with Crippen LogP contribution in [0.25, 0.3) is 0 Å². The van der Waals surface area contributed by atoms with E-state index in [1.54, 1.807) is 13.2 Å². The van der Waals surface area contributed by atoms with Crippen molar-refractivity contribution in [2.24, 2.45) is 5.73 Å². The van der Waals surface area contributed by atoms with Gasteiger partial charge >= 0.3 is 0 Å². The van der Waals surface area contributed by atoms with Gasteiger partial charge in [-0.1, -0.05) is 41.9 Å². The summed E-state index contributed by atoms with van der Waals surface area (Å²) < 4.78 is 17.3. The molecule has 0 heterocycles. The summed E-state index contributed by atoms with van der Waals surface area (Å²) in [6.45, 7) is 0. The predicted molar refractivity (Wildman–Crippen MR) is 88.1 cm³/mol. The lowest BCUT2D eigenvalue weighted by molar-refractivity contribution is 0.414. The molecular weight excluding hydrogens is 306 g/mol. The van der Waals surface area contributed by atoms with Crippen LogP contribution in [0.4, 0.5) is 0 Å². The zero-order valence-electron chi connectivity index (χ0n) is 11.8. The number of methoxy groups -OCH3 is 1. The zero-order chi connectivity index (χ0) is 15.2. The van der Waals surface area contributed by atoms with E-state index < -0.39 is 10.8 Å². The summed E-state index contributed by atoms with van der Waals surface area (Å²) in [4.78, 5) is 0. The molecule has 2 aromatic carbocycles. The third-order valence-electron chi connectivity index (χ3n) is 3.18. The second-order valence-corrected chi connectivity index (χ2v) is 6.63. The molecule has 0 bridgehead atoms. The SMILES string of the molecule is COc1ccc(C(N)CS(=O)Cc2ccccc2Cl)cc1. The zero-order valence-corrected chi connectivity index (χ0v) is 13.4. The molecule has 0 fully saturated rings. The lowest BCUT2D eigenvalue weighted by atomic mass is 10.1. The maximum atomic E-state index is 12.2. The van der Waals surface area contributed by atoms with Gasteiger partial charge in [0.2, 0.25) is 0 Å². The lowest BCUT2D eigenvalue weighted by Crippen LogP contribution is -2.19. The summed E-state index contributed by atoms with van der Waals surface area (Å²) >= 11 is 6.08. The van der Waals surface area contributed by atoms with Gasteiger partial charge in [-0.25, -0.2) is 0 Å². The molecule has 0 amide bonds. The molecule has 0 aromatic heterocycles. The molecular formula is C16H18ClNO2S. The molecule has 0 radical (unpaired) electrons. The number of hydrogen-bond acceptors (Lipinski definition) is 3. The number of halogens is 1. The maximum Gasteiger partial charge on any atom is 0.118 e. The molecule has 0 aliphatic carbocycles. The summed E-state index contributed by atoms with van der Waals surface area (Å²) in [5, 5.41) is 0.642. The van der Waals surface area contributed by atoms with Gasteiger partial charge in [-0.15, -0.1) is 0 Å². The van der Waals surface area contributed by atoms with E-state index in [-0.39, 0.29) is 6.04 Å². The normalized spacial score (nSPS) is 13.7. The van der Waals surface area contributed by atoms with Gasteiger partial charge in [0.05, 0.1) is 12.9 Å². The Bertz CT molecular complexity index is 616. The number of nitrogens with two attached hydrogens (primary N) is 1. The van der Waals surface area contributed by atoms with Crippen LogP contribution in [0.5, 0.6) is 5.75 Å². The predicted octanol–water partition coefficient (Wildman–Crippen LogP) is 3.30. The van der Waals surface area contributed by atoms with E-state index in [2.05, 4.69) is 0 Å². The minimum absolute atomic E-state index is 0.265. The van der Waals surface area contributed by atoms with Crippen LogP contribution in [0.3, 0.4) is 0 Å². The summed E-state index contributed by atoms with van der Waals surface area (Å²) in [7, 11) is 0.559. The topological polar surface area (TPSA) is 52.3 Å². The van der Waals surface area contributed by atoms with Gasteiger partial charge in [-0.3, -0.25) is 4.21 Å². The number of ether oxygens (including phenoxy) is 1. The van der Waals surface area contributed by atoms with Crippen LogP contribution in [0.2, 0.25) is 5.02 Å². The van der Waals surface area contributed by atoms with Crippen molar-refractivity contribution in [3.63, 3.8) is 0 Å². The second kappa shape index (κ2) is 7.59. The van der Waals surface area contributed by atoms with Gasteiger partial charge in [0.15, 0.2) is 0 Å². The van der Waals surface area contributed by atoms with E-state index >= 15 is 0 Å². The summed E-state index contributed by atoms with van der Waals surface area (Å²) in [5.74, 6) is 1.60. The molecule has 0 saturated carbocycles. The lowest BCUT2D eigenvalue weighted by Gasteiger charge is -2.13. The maximum absolute atomic E-state index is 12.2. The molecule has 112 valence electrons. The monoisotopic (exact) mass is 323 g/mol. The number of benzene rings is 2. The van der Waals surface area contributed by atoms with Gasteiger partial charge < -0.3 is 10.5 Å². The van der Waals surface area contributed by atoms with E-state index in [1.165, 1.54) is 0 Å². The van der Waals surface area contributed by atoms with Crippen molar-refractivity contribution in [1.29, 1.82) is 0 Å². The first-order valence-electron chi connectivity index (χ1n) is 6.58. The molecule has 0 aliphatic rings. The molecule has 21 heavy (non-hydrogen) atoms. The van der Waals surface area contributed by atoms with Gasteiger partial charge in [0.25, 0.3) is 0 Å². The van der Waals surface area contributed by atoms with Crippen LogP contribution in [-0.4, -0.2) is 17.1 Å². The fourth-order valence-electron chi connectivity index (χ4n) is 2.00. The molecule has 2 atom stereocenters. The van der Waals surface area contributed by atoms with Crippen molar-refractivity contribution in [1.82, 2.24) is 0 Å². The fourth-order valence-corrected chi connectivity index (χ4v) is 3.59. The minimum atomic E-state index is -1.06. The molecule has 0 spiro atoms. The minimum Gasteiger partial charge on any atom is -0.497 e. The highest BCUT2D eigenvalue weighted by molar-refractivity contribution is 7.84. The van der Waals surface area contributed by atoms with E-state index in [4.69, 9.17) is 22.1 Å². The van der Waals surface area contributed by atoms with Gasteiger partial charge in [0, 0.05) is 27.6 Å². The molecule has 2 rings (SSSR count). The summed E-state index contributed by atoms with van der Waals surface area (Å²) in [6, 6.07) is 14.7. The average molecular weight is 324 g/mol. The van der Waals surface area contributed by atoms with Gasteiger partial charge in [-0.05, 0) is 29.3 Å². The van der Waals surface area contributed by atoms with Gasteiger partial charge in [0.1, 0.15) is 5.75 Å². The van der Waals surface area contributed by atoms with Crippen molar-refractivity contribution < 1.29 is 8.95 Å². The summed E-state index contributed by atoms with van der Waals surface area (Å²) in [5.41, 5.74) is 7.95. The highest BCUT2D eigenvalue weighted by Crippen LogP contribution is 2.20. The largest absolute Gasteiger partial charge is 0.497 e. The van der Waals surface area contributed by atoms with Crippen molar-refractivity contribution in [2.45, 2.75) is 11.8 Å². The molecule has 5 heteroatoms. The molecule has 2 unspecified atom stereocenters. The molecule has 0 aliphatic heterocycles. The third-order valence-corrected chi connectivity index (χ3v) is 4.92. The number of hydrogen-bond donors (Lipinski definition) is 1. The third kappa shape index (κ3) is 4.56. The van der Waals surface area contributed by atoms with Crippen LogP contribution in [-0.2, 0) is 16.6 Å². The number of rotatable bonds is 6. The van der Waals surface area contributed by atoms with E-state index in [1.807, 2.05) is 42.5 Å². The Morgan fingerprint density at radius 2 is 1.86 bits per heavy atom. The van der Waals surface area contributed by atoms with E-state index in [0.717, 1.165) is 16.9 Å². The first-order chi connectivity index (χ1) is 10.1. The van der Waals surface area contributed by atoms with Crippen molar-refractivity contribution in [2.75, 3.05) is 12.9 Å². The highest BCUT2D eigenvalue weighted by atomic mass is 35.5. The molecule has 2 N–H and O–H groups in total. The average Bonchev–Trinajstić information content (AvgIpc) is 2.49. The van der Waals surface area contributed by atoms with E-state index in [0.29, 0.717) is 16.5 Å². The van der Waals surface area contributed by atoms with Crippen molar-refractivity contribution in [3.8, 4) is 5.75 Å². The summed E-state index contributed by atoms with van der Waals surface area (Å²) in [6.07, 6.45) is 0. The Morgan fingerprint density at radius 1 is 1.19 bits per heavy atom. The van der Waals surface area contributed by atoms with Crippen LogP contribution >= 0.6 is 11.6 Å². The van der Waals surface area contributed by atoms with Crippen molar-refractivity contribution in [3.05, 3.63) is 64.7 Å². The Kier molecular flexibility index (Phi) is 5.79. The van der Waals surface area contributed by atoms with Gasteiger partial charge in [-0.2, -0.15) is 0 Å². The van der Waals surface area contributed by atoms with Crippen LogP contribution in [0.1, 0.15) is 17.2 Å². The smallest absolute Gasteiger partial charge is 0.118 e. The quantitative estimate of drug-likeness (QED) is 0.887. The highest BCUT2D eigenvalue weighted by Gasteiger charge is 2.12. The van der Waals surface area contributed by atoms with Crippen molar-refractivity contribution >= 4 is 22.4 Å². The van der Waals surface area contributed by atoms with Crippen LogP contribution < -0.4 is 10.5 Å². The fraction of sp³-hybridized carbons (Fsp3) is 0.250. The van der Waals surface area contributed by atoms with Crippen LogP contribution in [0.15, 0.2) is 48.5 Å². The molecule has 0 saturated heterocycles. The standard InChI is InChI=1S/C16H18ClNO2S/c1-20-14-8-6-12(7-9-14)16(18)11-21(19)10-13-4-2-3-5-15(13)17/h2-9,16H,10-11,18H2,1H3. The van der Waals surface area contributed by atoms with Crippen LogP contribution in [0, 0.1) is 0 Å². The Labute approximate surface area is 132 Å².